The topological polar surface area (TPSA) is 49.7 Å². The van der Waals surface area contributed by atoms with E-state index in [1.165, 1.54) is 0 Å². The lowest BCUT2D eigenvalue weighted by molar-refractivity contribution is 0.0533. The van der Waals surface area contributed by atoms with Gasteiger partial charge in [0.2, 0.25) is 0 Å². The first-order valence-corrected chi connectivity index (χ1v) is 5.75. The fraction of sp³-hybridized carbons (Fsp3) is 0.500. The molecule has 1 aromatic carbocycles. The molecule has 3 nitrogen and oxygen atoms in total. The van der Waals surface area contributed by atoms with Gasteiger partial charge in [-0.05, 0) is 30.2 Å². The highest BCUT2D eigenvalue weighted by Crippen LogP contribution is 2.24. The Hall–Kier alpha value is -0.770. The molecule has 0 saturated carbocycles. The summed E-state index contributed by atoms with van der Waals surface area (Å²) in [7, 11) is 0. The van der Waals surface area contributed by atoms with E-state index in [-0.39, 0.29) is 13.2 Å². The number of aryl methyl sites for hydroxylation is 1. The molecular formula is C12H17ClO3. The lowest BCUT2D eigenvalue weighted by Gasteiger charge is -2.13. The number of aliphatic hydroxyl groups is 2. The lowest BCUT2D eigenvalue weighted by atomic mass is 10.1. The molecule has 1 rings (SSSR count). The van der Waals surface area contributed by atoms with Gasteiger partial charge in [-0.3, -0.25) is 0 Å². The van der Waals surface area contributed by atoms with Crippen molar-refractivity contribution < 1.29 is 14.9 Å². The second kappa shape index (κ2) is 6.74. The largest absolute Gasteiger partial charge is 0.491 e. The van der Waals surface area contributed by atoms with Crippen LogP contribution in [0.1, 0.15) is 18.9 Å². The minimum Gasteiger partial charge on any atom is -0.491 e. The minimum absolute atomic E-state index is 0.0921. The fourth-order valence-electron chi connectivity index (χ4n) is 1.39. The second-order valence-electron chi connectivity index (χ2n) is 3.65. The first-order chi connectivity index (χ1) is 7.67. The Morgan fingerprint density at radius 2 is 2.19 bits per heavy atom. The number of halogens is 1. The van der Waals surface area contributed by atoms with Crippen LogP contribution in [-0.4, -0.2) is 29.5 Å². The summed E-state index contributed by atoms with van der Waals surface area (Å²) in [5.41, 5.74) is 1.03. The van der Waals surface area contributed by atoms with E-state index in [4.69, 9.17) is 21.4 Å². The van der Waals surface area contributed by atoms with Crippen molar-refractivity contribution in [3.05, 3.63) is 28.8 Å². The minimum atomic E-state index is -0.842. The van der Waals surface area contributed by atoms with Crippen molar-refractivity contribution in [3.8, 4) is 5.75 Å². The van der Waals surface area contributed by atoms with Crippen LogP contribution in [0.4, 0.5) is 0 Å². The fourth-order valence-corrected chi connectivity index (χ4v) is 1.59. The molecule has 90 valence electrons. The molecule has 0 heterocycles. The Bertz CT molecular complexity index is 328. The van der Waals surface area contributed by atoms with Crippen molar-refractivity contribution in [2.75, 3.05) is 13.2 Å². The summed E-state index contributed by atoms with van der Waals surface area (Å²) in [5.74, 6) is 0.721. The van der Waals surface area contributed by atoms with E-state index in [0.29, 0.717) is 5.02 Å². The molecule has 0 spiro atoms. The average Bonchev–Trinajstić information content (AvgIpc) is 2.28. The standard InChI is InChI=1S/C12H17ClO3/c1-2-3-9-6-10(13)4-5-12(9)16-8-11(15)7-14/h4-6,11,14-15H,2-3,7-8H2,1H3. The number of aliphatic hydroxyl groups excluding tert-OH is 2. The molecule has 1 aromatic rings. The van der Waals surface area contributed by atoms with Crippen molar-refractivity contribution in [1.29, 1.82) is 0 Å². The molecule has 0 saturated heterocycles. The first-order valence-electron chi connectivity index (χ1n) is 5.37. The number of ether oxygens (including phenoxy) is 1. The molecule has 0 aliphatic rings. The van der Waals surface area contributed by atoms with Crippen molar-refractivity contribution in [2.45, 2.75) is 25.9 Å². The Morgan fingerprint density at radius 1 is 1.44 bits per heavy atom. The monoisotopic (exact) mass is 244 g/mol. The Kier molecular flexibility index (Phi) is 5.60. The summed E-state index contributed by atoms with van der Waals surface area (Å²) in [5, 5.41) is 18.6. The highest BCUT2D eigenvalue weighted by Gasteiger charge is 2.07. The highest BCUT2D eigenvalue weighted by molar-refractivity contribution is 6.30. The van der Waals surface area contributed by atoms with Crippen LogP contribution in [0.25, 0.3) is 0 Å². The van der Waals surface area contributed by atoms with Gasteiger partial charge in [0.25, 0.3) is 0 Å². The van der Waals surface area contributed by atoms with Gasteiger partial charge in [-0.25, -0.2) is 0 Å². The van der Waals surface area contributed by atoms with E-state index in [1.807, 2.05) is 6.07 Å². The number of hydrogen-bond acceptors (Lipinski definition) is 3. The van der Waals surface area contributed by atoms with Gasteiger partial charge >= 0.3 is 0 Å². The summed E-state index contributed by atoms with van der Waals surface area (Å²) in [6.45, 7) is 1.87. The molecule has 0 fully saturated rings. The van der Waals surface area contributed by atoms with Crippen LogP contribution in [0, 0.1) is 0 Å². The van der Waals surface area contributed by atoms with Crippen LogP contribution >= 0.6 is 11.6 Å². The van der Waals surface area contributed by atoms with E-state index in [2.05, 4.69) is 6.92 Å². The molecule has 0 bridgehead atoms. The summed E-state index contributed by atoms with van der Waals surface area (Å²) < 4.78 is 5.43. The Morgan fingerprint density at radius 3 is 2.81 bits per heavy atom. The van der Waals surface area contributed by atoms with Crippen molar-refractivity contribution >= 4 is 11.6 Å². The smallest absolute Gasteiger partial charge is 0.122 e. The van der Waals surface area contributed by atoms with Crippen LogP contribution < -0.4 is 4.74 Å². The molecule has 0 radical (unpaired) electrons. The maximum atomic E-state index is 9.19. The van der Waals surface area contributed by atoms with Gasteiger partial charge in [-0.15, -0.1) is 0 Å². The predicted octanol–water partition coefficient (Wildman–Crippen LogP) is 2.02. The molecule has 16 heavy (non-hydrogen) atoms. The molecule has 0 aliphatic heterocycles. The summed E-state index contributed by atoms with van der Waals surface area (Å²) in [6, 6.07) is 5.41. The average molecular weight is 245 g/mol. The molecule has 0 aliphatic carbocycles. The molecular weight excluding hydrogens is 228 g/mol. The SMILES string of the molecule is CCCc1cc(Cl)ccc1OCC(O)CO. The van der Waals surface area contributed by atoms with Crippen LogP contribution in [-0.2, 0) is 6.42 Å². The van der Waals surface area contributed by atoms with E-state index in [1.54, 1.807) is 12.1 Å². The number of rotatable bonds is 6. The summed E-state index contributed by atoms with van der Waals surface area (Å²) >= 11 is 5.90. The predicted molar refractivity (Wildman–Crippen MR) is 64.0 cm³/mol. The second-order valence-corrected chi connectivity index (χ2v) is 4.09. The maximum absolute atomic E-state index is 9.19. The van der Waals surface area contributed by atoms with Gasteiger partial charge in [0, 0.05) is 5.02 Å². The normalized spacial score (nSPS) is 12.5. The van der Waals surface area contributed by atoms with Crippen LogP contribution in [0.15, 0.2) is 18.2 Å². The van der Waals surface area contributed by atoms with E-state index >= 15 is 0 Å². The molecule has 1 atom stereocenters. The van der Waals surface area contributed by atoms with Crippen LogP contribution in [0.5, 0.6) is 5.75 Å². The van der Waals surface area contributed by atoms with Gasteiger partial charge in [0.1, 0.15) is 18.5 Å². The van der Waals surface area contributed by atoms with E-state index in [9.17, 15) is 5.11 Å². The van der Waals surface area contributed by atoms with Gasteiger partial charge < -0.3 is 14.9 Å². The number of benzene rings is 1. The number of hydrogen-bond donors (Lipinski definition) is 2. The van der Waals surface area contributed by atoms with Crippen molar-refractivity contribution in [2.24, 2.45) is 0 Å². The van der Waals surface area contributed by atoms with E-state index < -0.39 is 6.10 Å². The third-order valence-corrected chi connectivity index (χ3v) is 2.42. The summed E-state index contributed by atoms with van der Waals surface area (Å²) in [6.07, 6.45) is 1.04. The van der Waals surface area contributed by atoms with Gasteiger partial charge in [0.15, 0.2) is 0 Å². The zero-order valence-electron chi connectivity index (χ0n) is 9.32. The van der Waals surface area contributed by atoms with Gasteiger partial charge in [0.05, 0.1) is 6.61 Å². The molecule has 0 amide bonds. The molecule has 1 unspecified atom stereocenters. The molecule has 0 aromatic heterocycles. The van der Waals surface area contributed by atoms with Gasteiger partial charge in [-0.1, -0.05) is 24.9 Å². The Balaban J connectivity index is 2.70. The van der Waals surface area contributed by atoms with Crippen molar-refractivity contribution in [1.82, 2.24) is 0 Å². The van der Waals surface area contributed by atoms with Crippen LogP contribution in [0.3, 0.4) is 0 Å². The Labute approximate surface area is 101 Å². The van der Waals surface area contributed by atoms with Crippen molar-refractivity contribution in [3.63, 3.8) is 0 Å². The maximum Gasteiger partial charge on any atom is 0.122 e. The third kappa shape index (κ3) is 4.00. The van der Waals surface area contributed by atoms with E-state index in [0.717, 1.165) is 24.2 Å². The lowest BCUT2D eigenvalue weighted by Crippen LogP contribution is -2.21. The quantitative estimate of drug-likeness (QED) is 0.805. The molecule has 4 heteroatoms. The van der Waals surface area contributed by atoms with Gasteiger partial charge in [-0.2, -0.15) is 0 Å². The zero-order chi connectivity index (χ0) is 12.0. The molecule has 2 N–H and O–H groups in total. The zero-order valence-corrected chi connectivity index (χ0v) is 10.1. The van der Waals surface area contributed by atoms with Crippen LogP contribution in [0.2, 0.25) is 5.02 Å². The first kappa shape index (κ1) is 13.3. The third-order valence-electron chi connectivity index (χ3n) is 2.18. The highest BCUT2D eigenvalue weighted by atomic mass is 35.5. The summed E-state index contributed by atoms with van der Waals surface area (Å²) in [4.78, 5) is 0.